The van der Waals surface area contributed by atoms with Crippen molar-refractivity contribution in [2.75, 3.05) is 0 Å². The third-order valence-electron chi connectivity index (χ3n) is 3.41. The molecule has 2 heteroatoms. The fourth-order valence-corrected chi connectivity index (χ4v) is 2.25. The van der Waals surface area contributed by atoms with E-state index in [0.29, 0.717) is 24.5 Å². The maximum absolute atomic E-state index is 11.9. The molecule has 0 bridgehead atoms. The minimum absolute atomic E-state index is 0.0667. The molecule has 0 radical (unpaired) electrons. The molecule has 1 atom stereocenters. The van der Waals surface area contributed by atoms with Crippen LogP contribution < -0.4 is 0 Å². The van der Waals surface area contributed by atoms with Crippen molar-refractivity contribution < 1.29 is 9.59 Å². The Labute approximate surface area is 116 Å². The van der Waals surface area contributed by atoms with E-state index in [2.05, 4.69) is 13.8 Å². The molecule has 0 aliphatic carbocycles. The van der Waals surface area contributed by atoms with Crippen molar-refractivity contribution in [3.8, 4) is 0 Å². The second-order valence-corrected chi connectivity index (χ2v) is 5.72. The van der Waals surface area contributed by atoms with Gasteiger partial charge in [0, 0.05) is 18.4 Å². The Bertz CT molecular complexity index is 446. The summed E-state index contributed by atoms with van der Waals surface area (Å²) < 4.78 is 0. The standard InChI is InChI=1S/C17H24O2/c1-12(2)9-10-15(19)11-13(3)16-7-5-6-8-17(16)14(4)18/h5-8,12-13H,9-11H2,1-4H3. The highest BCUT2D eigenvalue weighted by molar-refractivity contribution is 5.96. The van der Waals surface area contributed by atoms with Crippen molar-refractivity contribution in [3.05, 3.63) is 35.4 Å². The van der Waals surface area contributed by atoms with E-state index in [1.54, 1.807) is 6.92 Å². The van der Waals surface area contributed by atoms with Crippen LogP contribution in [0.2, 0.25) is 0 Å². The van der Waals surface area contributed by atoms with Crippen molar-refractivity contribution in [1.82, 2.24) is 0 Å². The van der Waals surface area contributed by atoms with Crippen LogP contribution in [0.1, 0.15) is 68.8 Å². The molecule has 0 N–H and O–H groups in total. The number of rotatable bonds is 7. The largest absolute Gasteiger partial charge is 0.300 e. The lowest BCUT2D eigenvalue weighted by atomic mass is 9.89. The SMILES string of the molecule is CC(=O)c1ccccc1C(C)CC(=O)CCC(C)C. The summed E-state index contributed by atoms with van der Waals surface area (Å²) in [5, 5.41) is 0. The van der Waals surface area contributed by atoms with Gasteiger partial charge in [0.1, 0.15) is 5.78 Å². The molecule has 1 rings (SSSR count). The molecule has 0 aliphatic heterocycles. The summed E-state index contributed by atoms with van der Waals surface area (Å²) in [6.07, 6.45) is 2.11. The zero-order valence-electron chi connectivity index (χ0n) is 12.4. The number of ketones is 2. The highest BCUT2D eigenvalue weighted by atomic mass is 16.1. The molecule has 0 aromatic heterocycles. The molecule has 1 aromatic rings. The van der Waals surface area contributed by atoms with Gasteiger partial charge in [-0.1, -0.05) is 45.0 Å². The molecule has 0 fully saturated rings. The minimum Gasteiger partial charge on any atom is -0.300 e. The van der Waals surface area contributed by atoms with E-state index >= 15 is 0 Å². The molecule has 0 saturated carbocycles. The highest BCUT2D eigenvalue weighted by Gasteiger charge is 2.16. The van der Waals surface area contributed by atoms with E-state index in [0.717, 1.165) is 17.5 Å². The van der Waals surface area contributed by atoms with Gasteiger partial charge in [-0.25, -0.2) is 0 Å². The fourth-order valence-electron chi connectivity index (χ4n) is 2.25. The predicted octanol–water partition coefficient (Wildman–Crippen LogP) is 4.39. The molecular weight excluding hydrogens is 236 g/mol. The molecule has 0 amide bonds. The van der Waals surface area contributed by atoms with Crippen LogP contribution in [0.15, 0.2) is 24.3 Å². The van der Waals surface area contributed by atoms with E-state index in [4.69, 9.17) is 0 Å². The normalized spacial score (nSPS) is 12.5. The number of carbonyl (C=O) groups is 2. The van der Waals surface area contributed by atoms with Crippen LogP contribution in [0.3, 0.4) is 0 Å². The molecule has 1 aromatic carbocycles. The summed E-state index contributed by atoms with van der Waals surface area (Å²) in [6, 6.07) is 7.59. The third kappa shape index (κ3) is 4.98. The van der Waals surface area contributed by atoms with Crippen LogP contribution in [0.4, 0.5) is 0 Å². The van der Waals surface area contributed by atoms with Crippen LogP contribution in [0.25, 0.3) is 0 Å². The first-order valence-corrected chi connectivity index (χ1v) is 7.03. The van der Waals surface area contributed by atoms with E-state index in [1.807, 2.05) is 31.2 Å². The van der Waals surface area contributed by atoms with Gasteiger partial charge in [0.05, 0.1) is 0 Å². The monoisotopic (exact) mass is 260 g/mol. The molecule has 2 nitrogen and oxygen atoms in total. The lowest BCUT2D eigenvalue weighted by molar-refractivity contribution is -0.119. The number of hydrogen-bond donors (Lipinski definition) is 0. The molecule has 0 spiro atoms. The van der Waals surface area contributed by atoms with Gasteiger partial charge < -0.3 is 0 Å². The first-order chi connectivity index (χ1) is 8.91. The fraction of sp³-hybridized carbons (Fsp3) is 0.529. The summed E-state index contributed by atoms with van der Waals surface area (Å²) in [5.74, 6) is 1.03. The first-order valence-electron chi connectivity index (χ1n) is 7.03. The molecule has 19 heavy (non-hydrogen) atoms. The van der Waals surface area contributed by atoms with Crippen LogP contribution in [0, 0.1) is 5.92 Å². The van der Waals surface area contributed by atoms with Crippen LogP contribution in [-0.2, 0) is 4.79 Å². The molecule has 104 valence electrons. The number of carbonyl (C=O) groups excluding carboxylic acids is 2. The Morgan fingerprint density at radius 1 is 1.11 bits per heavy atom. The zero-order chi connectivity index (χ0) is 14.4. The van der Waals surface area contributed by atoms with Crippen molar-refractivity contribution in [2.45, 2.75) is 52.9 Å². The topological polar surface area (TPSA) is 34.1 Å². The number of hydrogen-bond acceptors (Lipinski definition) is 2. The van der Waals surface area contributed by atoms with Gasteiger partial charge in [0.25, 0.3) is 0 Å². The smallest absolute Gasteiger partial charge is 0.160 e. The van der Waals surface area contributed by atoms with Crippen molar-refractivity contribution >= 4 is 11.6 Å². The minimum atomic E-state index is 0.0667. The number of benzene rings is 1. The molecule has 0 heterocycles. The van der Waals surface area contributed by atoms with Gasteiger partial charge in [-0.05, 0) is 30.7 Å². The molecular formula is C17H24O2. The Morgan fingerprint density at radius 2 is 1.74 bits per heavy atom. The van der Waals surface area contributed by atoms with E-state index in [9.17, 15) is 9.59 Å². The van der Waals surface area contributed by atoms with Gasteiger partial charge in [0.15, 0.2) is 5.78 Å². The Hall–Kier alpha value is -1.44. The van der Waals surface area contributed by atoms with Gasteiger partial charge in [-0.3, -0.25) is 9.59 Å². The summed E-state index contributed by atoms with van der Waals surface area (Å²) >= 11 is 0. The molecule has 0 saturated heterocycles. The summed E-state index contributed by atoms with van der Waals surface area (Å²) in [4.78, 5) is 23.5. The van der Waals surface area contributed by atoms with Gasteiger partial charge in [-0.2, -0.15) is 0 Å². The lowest BCUT2D eigenvalue weighted by Crippen LogP contribution is -2.09. The molecule has 0 aliphatic rings. The van der Waals surface area contributed by atoms with Crippen LogP contribution >= 0.6 is 0 Å². The van der Waals surface area contributed by atoms with Crippen molar-refractivity contribution in [3.63, 3.8) is 0 Å². The van der Waals surface area contributed by atoms with Crippen molar-refractivity contribution in [1.29, 1.82) is 0 Å². The van der Waals surface area contributed by atoms with E-state index in [-0.39, 0.29) is 11.7 Å². The lowest BCUT2D eigenvalue weighted by Gasteiger charge is -2.14. The van der Waals surface area contributed by atoms with E-state index in [1.165, 1.54) is 0 Å². The predicted molar refractivity (Wildman–Crippen MR) is 78.6 cm³/mol. The maximum Gasteiger partial charge on any atom is 0.160 e. The quantitative estimate of drug-likeness (QED) is 0.681. The number of Topliss-reactive ketones (excluding diaryl/α,β-unsaturated/α-hetero) is 2. The average Bonchev–Trinajstić information content (AvgIpc) is 2.36. The Kier molecular flexibility index (Phi) is 5.94. The van der Waals surface area contributed by atoms with Gasteiger partial charge in [0.2, 0.25) is 0 Å². The zero-order valence-corrected chi connectivity index (χ0v) is 12.4. The summed E-state index contributed by atoms with van der Waals surface area (Å²) in [7, 11) is 0. The maximum atomic E-state index is 11.9. The van der Waals surface area contributed by atoms with Gasteiger partial charge in [-0.15, -0.1) is 0 Å². The summed E-state index contributed by atoms with van der Waals surface area (Å²) in [6.45, 7) is 7.85. The summed E-state index contributed by atoms with van der Waals surface area (Å²) in [5.41, 5.74) is 1.74. The Balaban J connectivity index is 2.70. The first kappa shape index (κ1) is 15.6. The molecule has 1 unspecified atom stereocenters. The average molecular weight is 260 g/mol. The second-order valence-electron chi connectivity index (χ2n) is 5.72. The second kappa shape index (κ2) is 7.22. The van der Waals surface area contributed by atoms with E-state index < -0.39 is 0 Å². The Morgan fingerprint density at radius 3 is 2.32 bits per heavy atom. The highest BCUT2D eigenvalue weighted by Crippen LogP contribution is 2.24. The van der Waals surface area contributed by atoms with Crippen LogP contribution in [0.5, 0.6) is 0 Å². The van der Waals surface area contributed by atoms with Crippen molar-refractivity contribution in [2.24, 2.45) is 5.92 Å². The van der Waals surface area contributed by atoms with Gasteiger partial charge >= 0.3 is 0 Å². The van der Waals surface area contributed by atoms with Crippen LogP contribution in [-0.4, -0.2) is 11.6 Å². The third-order valence-corrected chi connectivity index (χ3v) is 3.41.